The van der Waals surface area contributed by atoms with E-state index in [1.807, 2.05) is 6.07 Å². The highest BCUT2D eigenvalue weighted by Crippen LogP contribution is 2.30. The van der Waals surface area contributed by atoms with Gasteiger partial charge in [0.2, 0.25) is 5.91 Å². The molecule has 22 heavy (non-hydrogen) atoms. The average molecular weight is 304 g/mol. The Morgan fingerprint density at radius 1 is 1.27 bits per heavy atom. The number of rotatable bonds is 9. The molecule has 1 saturated carbocycles. The Morgan fingerprint density at radius 3 is 2.82 bits per heavy atom. The fraction of sp³-hybridized carbons (Fsp3) is 0.529. The van der Waals surface area contributed by atoms with Crippen LogP contribution in [-0.4, -0.2) is 25.0 Å². The van der Waals surface area contributed by atoms with Crippen molar-refractivity contribution in [2.45, 2.75) is 39.0 Å². The van der Waals surface area contributed by atoms with Gasteiger partial charge in [0.15, 0.2) is 6.61 Å². The van der Waals surface area contributed by atoms with Crippen LogP contribution >= 0.6 is 0 Å². The normalized spacial score (nSPS) is 13.5. The second-order valence-corrected chi connectivity index (χ2v) is 5.64. The Balaban J connectivity index is 1.72. The molecule has 1 aromatic carbocycles. The van der Waals surface area contributed by atoms with Gasteiger partial charge in [-0.2, -0.15) is 0 Å². The lowest BCUT2D eigenvalue weighted by Gasteiger charge is -2.09. The van der Waals surface area contributed by atoms with Crippen LogP contribution in [0, 0.1) is 5.92 Å². The zero-order valence-corrected chi connectivity index (χ0v) is 13.1. The number of nitrogens with one attached hydrogen (secondary N) is 2. The van der Waals surface area contributed by atoms with Crippen LogP contribution in [-0.2, 0) is 9.59 Å². The second kappa shape index (κ2) is 8.41. The van der Waals surface area contributed by atoms with E-state index in [4.69, 9.17) is 4.74 Å². The summed E-state index contributed by atoms with van der Waals surface area (Å²) in [5, 5.41) is 5.68. The topological polar surface area (TPSA) is 67.4 Å². The lowest BCUT2D eigenvalue weighted by atomic mass is 10.2. The van der Waals surface area contributed by atoms with Gasteiger partial charge in [0, 0.05) is 24.2 Å². The van der Waals surface area contributed by atoms with Crippen molar-refractivity contribution >= 4 is 17.5 Å². The van der Waals surface area contributed by atoms with E-state index in [0.717, 1.165) is 32.1 Å². The summed E-state index contributed by atoms with van der Waals surface area (Å²) in [6.07, 6.45) is 5.18. The molecule has 5 nitrogen and oxygen atoms in total. The van der Waals surface area contributed by atoms with E-state index < -0.39 is 0 Å². The molecule has 5 heteroatoms. The number of carbonyl (C=O) groups excluding carboxylic acids is 2. The highest BCUT2D eigenvalue weighted by atomic mass is 16.5. The highest BCUT2D eigenvalue weighted by molar-refractivity contribution is 5.94. The molecule has 0 heterocycles. The minimum Gasteiger partial charge on any atom is -0.484 e. The maximum absolute atomic E-state index is 11.7. The van der Waals surface area contributed by atoms with Gasteiger partial charge in [-0.25, -0.2) is 0 Å². The lowest BCUT2D eigenvalue weighted by molar-refractivity contribution is -0.123. The van der Waals surface area contributed by atoms with Gasteiger partial charge in [-0.3, -0.25) is 9.59 Å². The molecule has 0 radical (unpaired) electrons. The van der Waals surface area contributed by atoms with Gasteiger partial charge in [-0.1, -0.05) is 25.8 Å². The molecule has 0 unspecified atom stereocenters. The number of hydrogen-bond acceptors (Lipinski definition) is 3. The molecule has 1 fully saturated rings. The van der Waals surface area contributed by atoms with E-state index in [0.29, 0.717) is 18.0 Å². The van der Waals surface area contributed by atoms with E-state index in [1.54, 1.807) is 18.2 Å². The molecule has 1 aliphatic carbocycles. The fourth-order valence-electron chi connectivity index (χ4n) is 2.06. The fourth-order valence-corrected chi connectivity index (χ4v) is 2.06. The number of anilines is 1. The summed E-state index contributed by atoms with van der Waals surface area (Å²) >= 11 is 0. The van der Waals surface area contributed by atoms with Crippen molar-refractivity contribution in [3.8, 4) is 5.75 Å². The Labute approximate surface area is 131 Å². The molecule has 2 rings (SSSR count). The van der Waals surface area contributed by atoms with Gasteiger partial charge in [0.1, 0.15) is 5.75 Å². The maximum Gasteiger partial charge on any atom is 0.257 e. The van der Waals surface area contributed by atoms with E-state index >= 15 is 0 Å². The molecular formula is C17H24N2O3. The molecule has 0 aromatic heterocycles. The minimum atomic E-state index is -0.122. The molecule has 0 spiro atoms. The van der Waals surface area contributed by atoms with Crippen LogP contribution in [0.1, 0.15) is 39.0 Å². The van der Waals surface area contributed by atoms with Crippen LogP contribution in [0.4, 0.5) is 5.69 Å². The van der Waals surface area contributed by atoms with Crippen molar-refractivity contribution in [3.63, 3.8) is 0 Å². The molecule has 1 aromatic rings. The summed E-state index contributed by atoms with van der Waals surface area (Å²) in [6.45, 7) is 2.81. The summed E-state index contributed by atoms with van der Waals surface area (Å²) in [5.74, 6) is 0.685. The first kappa shape index (κ1) is 16.3. The van der Waals surface area contributed by atoms with Crippen LogP contribution in [0.2, 0.25) is 0 Å². The number of benzene rings is 1. The quantitative estimate of drug-likeness (QED) is 0.689. The van der Waals surface area contributed by atoms with E-state index in [-0.39, 0.29) is 24.3 Å². The third-order valence-electron chi connectivity index (χ3n) is 3.52. The first-order chi connectivity index (χ1) is 10.7. The van der Waals surface area contributed by atoms with Gasteiger partial charge >= 0.3 is 0 Å². The largest absolute Gasteiger partial charge is 0.484 e. The van der Waals surface area contributed by atoms with Gasteiger partial charge in [0.25, 0.3) is 5.91 Å². The molecule has 0 bridgehead atoms. The average Bonchev–Trinajstić information content (AvgIpc) is 3.35. The summed E-state index contributed by atoms with van der Waals surface area (Å²) in [7, 11) is 0. The van der Waals surface area contributed by atoms with Gasteiger partial charge in [-0.05, 0) is 31.4 Å². The van der Waals surface area contributed by atoms with Crippen LogP contribution in [0.3, 0.4) is 0 Å². The van der Waals surface area contributed by atoms with Crippen molar-refractivity contribution in [2.75, 3.05) is 18.5 Å². The number of ether oxygens (including phenoxy) is 1. The smallest absolute Gasteiger partial charge is 0.257 e. The summed E-state index contributed by atoms with van der Waals surface area (Å²) in [4.78, 5) is 23.3. The van der Waals surface area contributed by atoms with Crippen molar-refractivity contribution in [1.29, 1.82) is 0 Å². The van der Waals surface area contributed by atoms with Crippen LogP contribution < -0.4 is 15.4 Å². The zero-order chi connectivity index (χ0) is 15.8. The first-order valence-electron chi connectivity index (χ1n) is 7.99. The molecule has 2 N–H and O–H groups in total. The Hall–Kier alpha value is -2.04. The van der Waals surface area contributed by atoms with Gasteiger partial charge in [0.05, 0.1) is 0 Å². The van der Waals surface area contributed by atoms with Crippen LogP contribution in [0.5, 0.6) is 5.75 Å². The van der Waals surface area contributed by atoms with Crippen molar-refractivity contribution < 1.29 is 14.3 Å². The van der Waals surface area contributed by atoms with Crippen molar-refractivity contribution in [1.82, 2.24) is 5.32 Å². The number of amides is 2. The minimum absolute atomic E-state index is 0.00779. The summed E-state index contributed by atoms with van der Waals surface area (Å²) in [5.41, 5.74) is 0.706. The van der Waals surface area contributed by atoms with E-state index in [9.17, 15) is 9.59 Å². The van der Waals surface area contributed by atoms with Gasteiger partial charge in [-0.15, -0.1) is 0 Å². The molecular weight excluding hydrogens is 280 g/mol. The van der Waals surface area contributed by atoms with E-state index in [1.165, 1.54) is 0 Å². The van der Waals surface area contributed by atoms with Crippen LogP contribution in [0.15, 0.2) is 24.3 Å². The second-order valence-electron chi connectivity index (χ2n) is 5.64. The molecule has 0 saturated heterocycles. The maximum atomic E-state index is 11.7. The Bertz CT molecular complexity index is 512. The molecule has 1 aliphatic rings. The summed E-state index contributed by atoms with van der Waals surface area (Å²) in [6, 6.07) is 7.14. The SMILES string of the molecule is CCCCCNC(=O)COc1cccc(NC(=O)C2CC2)c1. The first-order valence-corrected chi connectivity index (χ1v) is 7.99. The van der Waals surface area contributed by atoms with E-state index in [2.05, 4.69) is 17.6 Å². The van der Waals surface area contributed by atoms with Gasteiger partial charge < -0.3 is 15.4 Å². The molecule has 0 aliphatic heterocycles. The third kappa shape index (κ3) is 5.76. The number of hydrogen-bond donors (Lipinski definition) is 2. The molecule has 0 atom stereocenters. The Kier molecular flexibility index (Phi) is 6.25. The van der Waals surface area contributed by atoms with Crippen molar-refractivity contribution in [2.24, 2.45) is 5.92 Å². The van der Waals surface area contributed by atoms with Crippen molar-refractivity contribution in [3.05, 3.63) is 24.3 Å². The molecule has 2 amide bonds. The van der Waals surface area contributed by atoms with Crippen LogP contribution in [0.25, 0.3) is 0 Å². The monoisotopic (exact) mass is 304 g/mol. The predicted octanol–water partition coefficient (Wildman–Crippen LogP) is 2.72. The zero-order valence-electron chi connectivity index (χ0n) is 13.1. The summed E-state index contributed by atoms with van der Waals surface area (Å²) < 4.78 is 5.46. The standard InChI is InChI=1S/C17H24N2O3/c1-2-3-4-10-18-16(20)12-22-15-7-5-6-14(11-15)19-17(21)13-8-9-13/h5-7,11,13H,2-4,8-10,12H2,1H3,(H,18,20)(H,19,21). The third-order valence-corrected chi connectivity index (χ3v) is 3.52. The molecule has 120 valence electrons. The number of unbranched alkanes of at least 4 members (excludes halogenated alkanes) is 2. The Morgan fingerprint density at radius 2 is 2.09 bits per heavy atom. The predicted molar refractivity (Wildman–Crippen MR) is 85.8 cm³/mol. The highest BCUT2D eigenvalue weighted by Gasteiger charge is 2.29. The number of carbonyl (C=O) groups is 2. The lowest BCUT2D eigenvalue weighted by Crippen LogP contribution is -2.29.